The van der Waals surface area contributed by atoms with E-state index in [9.17, 15) is 0 Å². The molecular weight excluding hydrogens is 506 g/mol. The van der Waals surface area contributed by atoms with Gasteiger partial charge in [-0.05, 0) is 19.8 Å². The molecule has 0 N–H and O–H groups in total. The van der Waals surface area contributed by atoms with Gasteiger partial charge in [0.15, 0.2) is 0 Å². The maximum Gasteiger partial charge on any atom is -0.0280 e. The zero-order valence-electron chi connectivity index (χ0n) is 14.7. The van der Waals surface area contributed by atoms with Gasteiger partial charge < -0.3 is 0 Å². The smallest absolute Gasteiger partial charge is 0.0280 e. The average Bonchev–Trinajstić information content (AvgIpc) is 3.32. The fourth-order valence-corrected chi connectivity index (χ4v) is 8.52. The van der Waals surface area contributed by atoms with Crippen LogP contribution in [0.1, 0.15) is 71.1 Å². The molecule has 3 atom stereocenters. The molecule has 2 aliphatic carbocycles. The van der Waals surface area contributed by atoms with E-state index in [0.29, 0.717) is 21.2 Å². The molecule has 0 spiro atoms. The molecule has 1 saturated heterocycles. The Morgan fingerprint density at radius 3 is 2.83 bits per heavy atom. The van der Waals surface area contributed by atoms with Gasteiger partial charge in [-0.3, -0.25) is 0 Å². The van der Waals surface area contributed by atoms with Gasteiger partial charge in [-0.15, -0.1) is 0 Å². The van der Waals surface area contributed by atoms with Crippen molar-refractivity contribution < 1.29 is 21.2 Å². The Labute approximate surface area is 167 Å². The average molecular weight is 539 g/mol. The van der Waals surface area contributed by atoms with Crippen molar-refractivity contribution in [1.82, 2.24) is 0 Å². The number of unbranched alkanes of at least 4 members (excludes halogenated alkanes) is 1. The zero-order valence-corrected chi connectivity index (χ0v) is 19.0. The Morgan fingerprint density at radius 2 is 2.04 bits per heavy atom. The summed E-state index contributed by atoms with van der Waals surface area (Å²) in [5, 5.41) is 0. The quantitative estimate of drug-likeness (QED) is 0.252. The van der Waals surface area contributed by atoms with E-state index in [2.05, 4.69) is 41.7 Å². The van der Waals surface area contributed by atoms with E-state index in [0.717, 1.165) is 21.7 Å². The first-order valence-corrected chi connectivity index (χ1v) is 14.1. The van der Waals surface area contributed by atoms with E-state index in [1.54, 1.807) is 32.8 Å². The molecule has 0 amide bonds. The summed E-state index contributed by atoms with van der Waals surface area (Å²) in [7, 11) is 0. The van der Waals surface area contributed by atoms with Crippen molar-refractivity contribution in [1.29, 1.82) is 0 Å². The summed E-state index contributed by atoms with van der Waals surface area (Å²) in [6, 6.07) is 0. The van der Waals surface area contributed by atoms with Gasteiger partial charge in [-0.2, -0.15) is 0 Å². The number of allylic oxidation sites excluding steroid dienone is 4. The second-order valence-electron chi connectivity index (χ2n) is 7.89. The Balaban J connectivity index is 1.27. The van der Waals surface area contributed by atoms with Crippen LogP contribution in [0.2, 0.25) is 0 Å². The fourth-order valence-electron chi connectivity index (χ4n) is 4.34. The third-order valence-corrected chi connectivity index (χ3v) is 10.6. The first kappa shape index (κ1) is 18.7. The van der Waals surface area contributed by atoms with Crippen LogP contribution in [0.15, 0.2) is 23.3 Å². The van der Waals surface area contributed by atoms with E-state index < -0.39 is 0 Å². The number of hydrogen-bond acceptors (Lipinski definition) is 0. The minimum atomic E-state index is 0.617. The Hall–Kier alpha value is 0.940. The van der Waals surface area contributed by atoms with Crippen LogP contribution >= 0.6 is 22.6 Å². The molecule has 3 unspecified atom stereocenters. The molecule has 0 bridgehead atoms. The predicted molar refractivity (Wildman–Crippen MR) is 106 cm³/mol. The molecule has 0 nitrogen and oxygen atoms in total. The summed E-state index contributed by atoms with van der Waals surface area (Å²) in [5.74, 6) is 3.20. The maximum absolute atomic E-state index is 2.78. The summed E-state index contributed by atoms with van der Waals surface area (Å²) in [5.41, 5.74) is 3.34. The minimum absolute atomic E-state index is 0.617. The molecule has 0 aromatic rings. The van der Waals surface area contributed by atoms with Crippen LogP contribution in [0, 0.1) is 17.8 Å². The molecule has 0 aromatic carbocycles. The first-order chi connectivity index (χ1) is 11.2. The van der Waals surface area contributed by atoms with Gasteiger partial charge in [0, 0.05) is 0 Å². The molecule has 23 heavy (non-hydrogen) atoms. The molecule has 1 saturated carbocycles. The van der Waals surface area contributed by atoms with Crippen LogP contribution in [0.3, 0.4) is 0 Å². The molecule has 0 aromatic heterocycles. The summed E-state index contributed by atoms with van der Waals surface area (Å²) < 4.78 is 4.20. The van der Waals surface area contributed by atoms with Crippen LogP contribution in [0.5, 0.6) is 0 Å². The summed E-state index contributed by atoms with van der Waals surface area (Å²) in [6.45, 7) is 2.32. The molecule has 1 heterocycles. The third-order valence-electron chi connectivity index (χ3n) is 6.16. The van der Waals surface area contributed by atoms with Gasteiger partial charge >= 0.3 is 131 Å². The SMILES string of the molecule is CC1=C(CC2CC2CCCCC(I)C2CC[I-]CC2)CCC=C1. The van der Waals surface area contributed by atoms with E-state index in [4.69, 9.17) is 0 Å². The van der Waals surface area contributed by atoms with Crippen LogP contribution in [0.25, 0.3) is 0 Å². The van der Waals surface area contributed by atoms with Crippen LogP contribution in [-0.2, 0) is 0 Å². The number of rotatable bonds is 8. The van der Waals surface area contributed by atoms with Gasteiger partial charge in [-0.25, -0.2) is 0 Å². The molecule has 3 rings (SSSR count). The summed E-state index contributed by atoms with van der Waals surface area (Å²) in [4.78, 5) is 0. The van der Waals surface area contributed by atoms with Gasteiger partial charge in [-0.1, -0.05) is 17.7 Å². The fraction of sp³-hybridized carbons (Fsp3) is 0.810. The van der Waals surface area contributed by atoms with Crippen molar-refractivity contribution in [3.05, 3.63) is 23.3 Å². The molecule has 2 heteroatoms. The normalized spacial score (nSPS) is 30.2. The second-order valence-corrected chi connectivity index (χ2v) is 12.7. The van der Waals surface area contributed by atoms with E-state index in [1.165, 1.54) is 51.4 Å². The topological polar surface area (TPSA) is 0 Å². The third kappa shape index (κ3) is 6.00. The minimum Gasteiger partial charge on any atom is -0.0840 e. The second kappa shape index (κ2) is 9.59. The van der Waals surface area contributed by atoms with Gasteiger partial charge in [0.05, 0.1) is 0 Å². The van der Waals surface area contributed by atoms with Gasteiger partial charge in [0.2, 0.25) is 0 Å². The molecule has 2 fully saturated rings. The summed E-state index contributed by atoms with van der Waals surface area (Å²) >= 11 is 3.39. The van der Waals surface area contributed by atoms with Crippen LogP contribution in [-0.4, -0.2) is 12.8 Å². The van der Waals surface area contributed by atoms with Crippen LogP contribution in [0.4, 0.5) is 0 Å². The Bertz CT molecular complexity index is 431. The Kier molecular flexibility index (Phi) is 7.80. The van der Waals surface area contributed by atoms with Crippen LogP contribution < -0.4 is 21.2 Å². The zero-order chi connectivity index (χ0) is 16.1. The molecule has 1 aliphatic heterocycles. The first-order valence-electron chi connectivity index (χ1n) is 9.76. The number of halogens is 2. The predicted octanol–water partition coefficient (Wildman–Crippen LogP) is 3.54. The van der Waals surface area contributed by atoms with Gasteiger partial charge in [0.25, 0.3) is 0 Å². The van der Waals surface area contributed by atoms with E-state index >= 15 is 0 Å². The van der Waals surface area contributed by atoms with Crippen molar-refractivity contribution in [2.24, 2.45) is 17.8 Å². The Morgan fingerprint density at radius 1 is 1.22 bits per heavy atom. The number of hydrogen-bond donors (Lipinski definition) is 0. The van der Waals surface area contributed by atoms with Crippen molar-refractivity contribution in [3.8, 4) is 0 Å². The monoisotopic (exact) mass is 539 g/mol. The molecule has 132 valence electrons. The standard InChI is InChI=1S/C21H33I2/c1-16-6-2-3-7-18(16)14-20-15-19(20)8-4-5-9-21(22)17-10-12-23-13-11-17/h2,6,17,19-21H,3-5,7-15H2,1H3/q-1. The molecular formula is C21H33I2-. The van der Waals surface area contributed by atoms with E-state index in [-0.39, 0.29) is 0 Å². The molecule has 0 radical (unpaired) electrons. The van der Waals surface area contributed by atoms with Crippen molar-refractivity contribution in [3.63, 3.8) is 0 Å². The van der Waals surface area contributed by atoms with Crippen molar-refractivity contribution in [2.75, 3.05) is 8.86 Å². The maximum atomic E-state index is 2.78. The van der Waals surface area contributed by atoms with E-state index in [1.807, 2.05) is 0 Å². The molecule has 3 aliphatic rings. The van der Waals surface area contributed by atoms with Crippen molar-refractivity contribution >= 4 is 22.6 Å². The summed E-state index contributed by atoms with van der Waals surface area (Å²) in [6.07, 6.45) is 19.4. The number of alkyl halides is 3. The largest absolute Gasteiger partial charge is 0.0840 e. The van der Waals surface area contributed by atoms with Gasteiger partial charge in [0.1, 0.15) is 0 Å². The van der Waals surface area contributed by atoms with Crippen molar-refractivity contribution in [2.45, 2.75) is 75.1 Å².